The highest BCUT2D eigenvalue weighted by atomic mass is 19.4. The van der Waals surface area contributed by atoms with Crippen LogP contribution in [0.2, 0.25) is 0 Å². The van der Waals surface area contributed by atoms with Crippen LogP contribution in [0.4, 0.5) is 13.2 Å². The molecule has 0 saturated carbocycles. The first kappa shape index (κ1) is 21.0. The lowest BCUT2D eigenvalue weighted by atomic mass is 10.1. The van der Waals surface area contributed by atoms with Gasteiger partial charge in [-0.3, -0.25) is 4.79 Å². The van der Waals surface area contributed by atoms with Crippen LogP contribution >= 0.6 is 0 Å². The normalized spacial score (nSPS) is 12.0. The minimum atomic E-state index is -4.44. The number of para-hydroxylation sites is 1. The molecule has 2 aromatic carbocycles. The van der Waals surface area contributed by atoms with Crippen LogP contribution in [0.25, 0.3) is 5.69 Å². The number of aromatic nitrogens is 3. The zero-order valence-electron chi connectivity index (χ0n) is 16.1. The summed E-state index contributed by atoms with van der Waals surface area (Å²) in [7, 11) is 1.40. The Morgan fingerprint density at radius 1 is 1.17 bits per heavy atom. The minimum Gasteiger partial charge on any atom is -0.467 e. The molecule has 0 fully saturated rings. The molecular weight excluding hydrogens is 401 g/mol. The van der Waals surface area contributed by atoms with Crippen molar-refractivity contribution in [3.8, 4) is 11.7 Å². The van der Waals surface area contributed by atoms with E-state index in [4.69, 9.17) is 9.57 Å². The minimum absolute atomic E-state index is 0.00783. The lowest BCUT2D eigenvalue weighted by Gasteiger charge is -2.12. The Balaban J connectivity index is 1.83. The van der Waals surface area contributed by atoms with Gasteiger partial charge in [0.1, 0.15) is 6.61 Å². The summed E-state index contributed by atoms with van der Waals surface area (Å²) in [6, 6.07) is 11.9. The quantitative estimate of drug-likeness (QED) is 0.329. The molecule has 0 aliphatic carbocycles. The van der Waals surface area contributed by atoms with E-state index in [1.165, 1.54) is 23.8 Å². The van der Waals surface area contributed by atoms with Crippen LogP contribution in [0.15, 0.2) is 53.7 Å². The van der Waals surface area contributed by atoms with Crippen molar-refractivity contribution in [2.45, 2.75) is 19.7 Å². The van der Waals surface area contributed by atoms with E-state index in [0.29, 0.717) is 23.1 Å². The summed E-state index contributed by atoms with van der Waals surface area (Å²) in [6.45, 7) is 1.54. The summed E-state index contributed by atoms with van der Waals surface area (Å²) in [5.74, 6) is 0.0444. The SMILES string of the molecule is COc1nnc(C=O)n1-c1ccccc1CON=C(C)c1cccc(C(F)(F)F)c1. The molecular formula is C20H17F3N4O3. The number of hydrogen-bond donors (Lipinski definition) is 0. The average molecular weight is 418 g/mol. The second kappa shape index (κ2) is 8.76. The van der Waals surface area contributed by atoms with Crippen molar-refractivity contribution in [1.29, 1.82) is 0 Å². The van der Waals surface area contributed by atoms with E-state index >= 15 is 0 Å². The average Bonchev–Trinajstić information content (AvgIpc) is 3.16. The van der Waals surface area contributed by atoms with Crippen molar-refractivity contribution in [1.82, 2.24) is 14.8 Å². The van der Waals surface area contributed by atoms with Gasteiger partial charge in [-0.15, -0.1) is 5.10 Å². The van der Waals surface area contributed by atoms with Crippen LogP contribution < -0.4 is 4.74 Å². The van der Waals surface area contributed by atoms with Gasteiger partial charge in [-0.05, 0) is 30.7 Å². The first-order valence-electron chi connectivity index (χ1n) is 8.72. The van der Waals surface area contributed by atoms with Crippen LogP contribution in [0.1, 0.15) is 34.2 Å². The van der Waals surface area contributed by atoms with Gasteiger partial charge in [-0.25, -0.2) is 4.57 Å². The standard InChI is InChI=1S/C20H17F3N4O3/c1-13(14-7-5-8-16(10-14)20(21,22)23)26-30-12-15-6-3-4-9-17(15)27-18(11-28)24-25-19(27)29-2/h3-11H,12H2,1-2H3. The molecule has 0 aliphatic rings. The fourth-order valence-corrected chi connectivity index (χ4v) is 2.74. The summed E-state index contributed by atoms with van der Waals surface area (Å²) in [6.07, 6.45) is -3.90. The number of halogens is 3. The Bertz CT molecular complexity index is 1080. The smallest absolute Gasteiger partial charge is 0.416 e. The molecule has 0 radical (unpaired) electrons. The molecule has 7 nitrogen and oxygen atoms in total. The third-order valence-corrected chi connectivity index (χ3v) is 4.21. The van der Waals surface area contributed by atoms with Crippen LogP contribution in [0, 0.1) is 0 Å². The van der Waals surface area contributed by atoms with E-state index in [0.717, 1.165) is 12.1 Å². The first-order valence-corrected chi connectivity index (χ1v) is 8.72. The van der Waals surface area contributed by atoms with Crippen LogP contribution in [-0.4, -0.2) is 33.9 Å². The van der Waals surface area contributed by atoms with Crippen molar-refractivity contribution < 1.29 is 27.5 Å². The molecule has 0 atom stereocenters. The molecule has 0 aliphatic heterocycles. The maximum absolute atomic E-state index is 12.9. The number of methoxy groups -OCH3 is 1. The summed E-state index contributed by atoms with van der Waals surface area (Å²) < 4.78 is 45.2. The molecule has 0 bridgehead atoms. The molecule has 0 saturated heterocycles. The predicted molar refractivity (Wildman–Crippen MR) is 102 cm³/mol. The molecule has 0 amide bonds. The van der Waals surface area contributed by atoms with E-state index in [-0.39, 0.29) is 24.2 Å². The molecule has 30 heavy (non-hydrogen) atoms. The number of benzene rings is 2. The summed E-state index contributed by atoms with van der Waals surface area (Å²) in [5, 5.41) is 11.5. The number of rotatable bonds is 7. The molecule has 1 heterocycles. The van der Waals surface area contributed by atoms with Gasteiger partial charge in [0.2, 0.25) is 5.82 Å². The van der Waals surface area contributed by atoms with Crippen molar-refractivity contribution in [3.63, 3.8) is 0 Å². The fourth-order valence-electron chi connectivity index (χ4n) is 2.74. The monoisotopic (exact) mass is 418 g/mol. The van der Waals surface area contributed by atoms with Crippen LogP contribution in [0.3, 0.4) is 0 Å². The Morgan fingerprint density at radius 3 is 2.63 bits per heavy atom. The van der Waals surface area contributed by atoms with Crippen LogP contribution in [-0.2, 0) is 17.6 Å². The van der Waals surface area contributed by atoms with Gasteiger partial charge in [-0.1, -0.05) is 40.6 Å². The van der Waals surface area contributed by atoms with Gasteiger partial charge >= 0.3 is 12.2 Å². The highest BCUT2D eigenvalue weighted by Gasteiger charge is 2.30. The summed E-state index contributed by atoms with van der Waals surface area (Å²) in [5.41, 5.74) is 1.00. The van der Waals surface area contributed by atoms with Gasteiger partial charge in [0.05, 0.1) is 24.1 Å². The van der Waals surface area contributed by atoms with Crippen molar-refractivity contribution in [2.24, 2.45) is 5.16 Å². The van der Waals surface area contributed by atoms with Crippen molar-refractivity contribution in [3.05, 3.63) is 71.0 Å². The van der Waals surface area contributed by atoms with E-state index in [1.807, 2.05) is 0 Å². The number of aldehydes is 1. The molecule has 3 rings (SSSR count). The van der Waals surface area contributed by atoms with Gasteiger partial charge < -0.3 is 9.57 Å². The maximum Gasteiger partial charge on any atom is 0.416 e. The predicted octanol–water partition coefficient (Wildman–Crippen LogP) is 4.05. The molecule has 0 N–H and O–H groups in total. The van der Waals surface area contributed by atoms with E-state index in [1.54, 1.807) is 31.2 Å². The topological polar surface area (TPSA) is 78.6 Å². The van der Waals surface area contributed by atoms with Crippen molar-refractivity contribution in [2.75, 3.05) is 7.11 Å². The number of hydrogen-bond acceptors (Lipinski definition) is 6. The third kappa shape index (κ3) is 4.48. The van der Waals surface area contributed by atoms with Gasteiger partial charge in [-0.2, -0.15) is 13.2 Å². The Hall–Kier alpha value is -3.69. The summed E-state index contributed by atoms with van der Waals surface area (Å²) in [4.78, 5) is 16.7. The first-order chi connectivity index (χ1) is 14.3. The number of carbonyl (C=O) groups excluding carboxylic acids is 1. The zero-order valence-corrected chi connectivity index (χ0v) is 16.1. The lowest BCUT2D eigenvalue weighted by Crippen LogP contribution is -2.07. The number of alkyl halides is 3. The molecule has 10 heteroatoms. The van der Waals surface area contributed by atoms with E-state index in [9.17, 15) is 18.0 Å². The second-order valence-electron chi connectivity index (χ2n) is 6.16. The van der Waals surface area contributed by atoms with Crippen LogP contribution in [0.5, 0.6) is 6.01 Å². The third-order valence-electron chi connectivity index (χ3n) is 4.21. The van der Waals surface area contributed by atoms with E-state index in [2.05, 4.69) is 15.4 Å². The number of oxime groups is 1. The highest BCUT2D eigenvalue weighted by Crippen LogP contribution is 2.29. The fraction of sp³-hybridized carbons (Fsp3) is 0.200. The van der Waals surface area contributed by atoms with Gasteiger partial charge in [0, 0.05) is 5.56 Å². The van der Waals surface area contributed by atoms with Gasteiger partial charge in [0.15, 0.2) is 6.29 Å². The number of ether oxygens (including phenoxy) is 1. The molecule has 3 aromatic rings. The Labute approximate surface area is 169 Å². The number of carbonyl (C=O) groups is 1. The summed E-state index contributed by atoms with van der Waals surface area (Å²) >= 11 is 0. The second-order valence-corrected chi connectivity index (χ2v) is 6.16. The van der Waals surface area contributed by atoms with Gasteiger partial charge in [0.25, 0.3) is 0 Å². The molecule has 156 valence electrons. The lowest BCUT2D eigenvalue weighted by molar-refractivity contribution is -0.137. The van der Waals surface area contributed by atoms with E-state index < -0.39 is 11.7 Å². The Kier molecular flexibility index (Phi) is 6.14. The molecule has 1 aromatic heterocycles. The van der Waals surface area contributed by atoms with Crippen molar-refractivity contribution >= 4 is 12.0 Å². The zero-order chi connectivity index (χ0) is 21.7. The molecule has 0 spiro atoms. The molecule has 0 unspecified atom stereocenters. The number of nitrogens with zero attached hydrogens (tertiary/aromatic N) is 4. The largest absolute Gasteiger partial charge is 0.467 e. The Morgan fingerprint density at radius 2 is 1.93 bits per heavy atom. The maximum atomic E-state index is 12.9. The highest BCUT2D eigenvalue weighted by molar-refractivity contribution is 5.98.